The molecule has 1 fully saturated rings. The van der Waals surface area contributed by atoms with Gasteiger partial charge in [-0.05, 0) is 38.1 Å². The molecule has 0 spiro atoms. The lowest BCUT2D eigenvalue weighted by atomic mass is 10.2. The first kappa shape index (κ1) is 17.2. The van der Waals surface area contributed by atoms with Crippen molar-refractivity contribution in [2.75, 3.05) is 38.1 Å². The zero-order chi connectivity index (χ0) is 16.8. The molecule has 1 atom stereocenters. The average Bonchev–Trinajstić information content (AvgIpc) is 2.56. The summed E-state index contributed by atoms with van der Waals surface area (Å²) < 4.78 is 17.9. The molecule has 2 amide bonds. The van der Waals surface area contributed by atoms with E-state index in [9.17, 15) is 14.0 Å². The van der Waals surface area contributed by atoms with Crippen molar-refractivity contribution < 1.29 is 23.6 Å². The lowest BCUT2D eigenvalue weighted by molar-refractivity contribution is -0.917. The third kappa shape index (κ3) is 4.66. The molecule has 0 aliphatic carbocycles. The number of piperazine rings is 1. The number of rotatable bonds is 4. The van der Waals surface area contributed by atoms with Crippen LogP contribution in [0.4, 0.5) is 14.9 Å². The maximum atomic E-state index is 12.9. The van der Waals surface area contributed by atoms with E-state index < -0.39 is 0 Å². The molecule has 0 bridgehead atoms. The predicted octanol–water partition coefficient (Wildman–Crippen LogP) is 0.510. The molecule has 6 nitrogen and oxygen atoms in total. The molecule has 1 aromatic rings. The summed E-state index contributed by atoms with van der Waals surface area (Å²) in [6.07, 6.45) is -0.296. The maximum absolute atomic E-state index is 12.9. The summed E-state index contributed by atoms with van der Waals surface area (Å²) in [5.74, 6) is -0.451. The lowest BCUT2D eigenvalue weighted by Gasteiger charge is -2.34. The molecular weight excluding hydrogens is 301 g/mol. The van der Waals surface area contributed by atoms with Gasteiger partial charge in [-0.2, -0.15) is 0 Å². The van der Waals surface area contributed by atoms with E-state index in [1.165, 1.54) is 24.3 Å². The van der Waals surface area contributed by atoms with Gasteiger partial charge in [0.25, 0.3) is 5.91 Å². The highest BCUT2D eigenvalue weighted by Gasteiger charge is 2.31. The SMILES string of the molecule is CCOC(=O)N1CC[NH+]([C@H](C)C(=O)Nc2ccc(F)cc2)CC1. The molecule has 1 aliphatic heterocycles. The molecule has 0 radical (unpaired) electrons. The van der Waals surface area contributed by atoms with Gasteiger partial charge < -0.3 is 15.0 Å². The number of ether oxygens (including phenoxy) is 1. The topological polar surface area (TPSA) is 63.1 Å². The largest absolute Gasteiger partial charge is 0.450 e. The molecule has 1 heterocycles. The van der Waals surface area contributed by atoms with E-state index in [0.29, 0.717) is 38.5 Å². The minimum absolute atomic E-state index is 0.115. The number of carbonyl (C=O) groups is 2. The third-order valence-electron chi connectivity index (χ3n) is 4.05. The molecule has 1 aromatic carbocycles. The highest BCUT2D eigenvalue weighted by molar-refractivity contribution is 5.93. The Labute approximate surface area is 135 Å². The number of benzene rings is 1. The van der Waals surface area contributed by atoms with Gasteiger partial charge in [0.1, 0.15) is 5.82 Å². The summed E-state index contributed by atoms with van der Waals surface area (Å²) in [7, 11) is 0. The summed E-state index contributed by atoms with van der Waals surface area (Å²) in [5.41, 5.74) is 0.577. The fraction of sp³-hybridized carbons (Fsp3) is 0.500. The van der Waals surface area contributed by atoms with Crippen LogP contribution in [-0.2, 0) is 9.53 Å². The molecule has 23 heavy (non-hydrogen) atoms. The van der Waals surface area contributed by atoms with Gasteiger partial charge in [-0.1, -0.05) is 0 Å². The van der Waals surface area contributed by atoms with Crippen molar-refractivity contribution in [2.24, 2.45) is 0 Å². The number of carbonyl (C=O) groups excluding carboxylic acids is 2. The van der Waals surface area contributed by atoms with Crippen molar-refractivity contribution in [1.82, 2.24) is 4.90 Å². The van der Waals surface area contributed by atoms with E-state index >= 15 is 0 Å². The molecule has 0 unspecified atom stereocenters. The van der Waals surface area contributed by atoms with Crippen LogP contribution in [0.3, 0.4) is 0 Å². The van der Waals surface area contributed by atoms with Gasteiger partial charge in [-0.3, -0.25) is 9.69 Å². The molecule has 7 heteroatoms. The highest BCUT2D eigenvalue weighted by atomic mass is 19.1. The number of anilines is 1. The Kier molecular flexibility index (Phi) is 5.92. The molecule has 126 valence electrons. The summed E-state index contributed by atoms with van der Waals surface area (Å²) in [6, 6.07) is 5.45. The molecule has 2 N–H and O–H groups in total. The summed E-state index contributed by atoms with van der Waals surface area (Å²) in [6.45, 7) is 6.52. The van der Waals surface area contributed by atoms with Gasteiger partial charge in [0, 0.05) is 5.69 Å². The predicted molar refractivity (Wildman–Crippen MR) is 83.8 cm³/mol. The van der Waals surface area contributed by atoms with Crippen molar-refractivity contribution in [2.45, 2.75) is 19.9 Å². The second kappa shape index (κ2) is 7.92. The Balaban J connectivity index is 1.84. The molecule has 2 rings (SSSR count). The number of halogens is 1. The van der Waals surface area contributed by atoms with Crippen LogP contribution >= 0.6 is 0 Å². The van der Waals surface area contributed by atoms with Crippen LogP contribution in [0.5, 0.6) is 0 Å². The second-order valence-corrected chi connectivity index (χ2v) is 5.56. The zero-order valence-corrected chi connectivity index (χ0v) is 13.5. The van der Waals surface area contributed by atoms with Crippen LogP contribution in [0, 0.1) is 5.82 Å². The summed E-state index contributed by atoms with van der Waals surface area (Å²) in [4.78, 5) is 26.7. The van der Waals surface area contributed by atoms with E-state index in [2.05, 4.69) is 5.32 Å². The molecular formula is C16H23FN3O3+. The van der Waals surface area contributed by atoms with E-state index in [4.69, 9.17) is 4.74 Å². The van der Waals surface area contributed by atoms with Crippen molar-refractivity contribution in [1.29, 1.82) is 0 Å². The number of nitrogens with one attached hydrogen (secondary N) is 2. The average molecular weight is 324 g/mol. The Morgan fingerprint density at radius 3 is 2.48 bits per heavy atom. The number of hydrogen-bond acceptors (Lipinski definition) is 3. The van der Waals surface area contributed by atoms with Crippen molar-refractivity contribution in [3.8, 4) is 0 Å². The third-order valence-corrected chi connectivity index (χ3v) is 4.05. The molecule has 1 aliphatic rings. The lowest BCUT2D eigenvalue weighted by Crippen LogP contribution is -3.19. The first-order valence-electron chi connectivity index (χ1n) is 7.84. The Bertz CT molecular complexity index is 542. The molecule has 1 saturated heterocycles. The second-order valence-electron chi connectivity index (χ2n) is 5.56. The quantitative estimate of drug-likeness (QED) is 0.848. The Hall–Kier alpha value is -2.15. The van der Waals surface area contributed by atoms with Crippen LogP contribution in [0.2, 0.25) is 0 Å². The van der Waals surface area contributed by atoms with Crippen LogP contribution in [-0.4, -0.2) is 55.7 Å². The van der Waals surface area contributed by atoms with E-state index in [-0.39, 0.29) is 23.9 Å². The normalized spacial score (nSPS) is 16.7. The van der Waals surface area contributed by atoms with Crippen molar-refractivity contribution in [3.05, 3.63) is 30.1 Å². The molecule has 0 aromatic heterocycles. The Morgan fingerprint density at radius 2 is 1.91 bits per heavy atom. The van der Waals surface area contributed by atoms with Gasteiger partial charge in [0.15, 0.2) is 6.04 Å². The maximum Gasteiger partial charge on any atom is 0.410 e. The standard InChI is InChI=1S/C16H22FN3O3/c1-3-23-16(22)20-10-8-19(9-11-20)12(2)15(21)18-14-6-4-13(17)5-7-14/h4-7,12H,3,8-11H2,1-2H3,(H,18,21)/p+1/t12-/m1/s1. The van der Waals surface area contributed by atoms with E-state index in [1.807, 2.05) is 6.92 Å². The van der Waals surface area contributed by atoms with Crippen molar-refractivity contribution >= 4 is 17.7 Å². The number of quaternary nitrogens is 1. The Morgan fingerprint density at radius 1 is 1.30 bits per heavy atom. The van der Waals surface area contributed by atoms with Crippen LogP contribution in [0.25, 0.3) is 0 Å². The molecule has 0 saturated carbocycles. The zero-order valence-electron chi connectivity index (χ0n) is 13.5. The van der Waals surface area contributed by atoms with Gasteiger partial charge in [-0.25, -0.2) is 9.18 Å². The fourth-order valence-corrected chi connectivity index (χ4v) is 2.59. The van der Waals surface area contributed by atoms with Gasteiger partial charge in [0.2, 0.25) is 0 Å². The highest BCUT2D eigenvalue weighted by Crippen LogP contribution is 2.08. The van der Waals surface area contributed by atoms with Gasteiger partial charge >= 0.3 is 6.09 Å². The smallest absolute Gasteiger partial charge is 0.410 e. The summed E-state index contributed by atoms with van der Waals surface area (Å²) >= 11 is 0. The van der Waals surface area contributed by atoms with Crippen LogP contribution in [0.15, 0.2) is 24.3 Å². The number of amides is 2. The van der Waals surface area contributed by atoms with E-state index in [0.717, 1.165) is 4.90 Å². The van der Waals surface area contributed by atoms with Crippen molar-refractivity contribution in [3.63, 3.8) is 0 Å². The monoisotopic (exact) mass is 324 g/mol. The van der Waals surface area contributed by atoms with E-state index in [1.54, 1.807) is 11.8 Å². The fourth-order valence-electron chi connectivity index (χ4n) is 2.59. The van der Waals surface area contributed by atoms with Crippen LogP contribution < -0.4 is 10.2 Å². The first-order chi connectivity index (χ1) is 11.0. The van der Waals surface area contributed by atoms with Crippen LogP contribution in [0.1, 0.15) is 13.8 Å². The number of hydrogen-bond donors (Lipinski definition) is 2. The minimum Gasteiger partial charge on any atom is -0.450 e. The summed E-state index contributed by atoms with van der Waals surface area (Å²) in [5, 5.41) is 2.79. The first-order valence-corrected chi connectivity index (χ1v) is 7.84. The van der Waals surface area contributed by atoms with Gasteiger partial charge in [-0.15, -0.1) is 0 Å². The minimum atomic E-state index is -0.336. The van der Waals surface area contributed by atoms with Gasteiger partial charge in [0.05, 0.1) is 32.8 Å². The number of nitrogens with zero attached hydrogens (tertiary/aromatic N) is 1.